The van der Waals surface area contributed by atoms with E-state index in [-0.39, 0.29) is 16.6 Å². The van der Waals surface area contributed by atoms with Gasteiger partial charge in [-0.3, -0.25) is 0 Å². The summed E-state index contributed by atoms with van der Waals surface area (Å²) in [6, 6.07) is -2.47. The van der Waals surface area contributed by atoms with E-state index in [1.165, 1.54) is 19.3 Å². The summed E-state index contributed by atoms with van der Waals surface area (Å²) in [6.45, 7) is 3.42. The molecule has 2 amide bonds. The van der Waals surface area contributed by atoms with Crippen LogP contribution < -0.4 is 15.5 Å². The Labute approximate surface area is 183 Å². The van der Waals surface area contributed by atoms with E-state index in [0.717, 1.165) is 6.07 Å². The van der Waals surface area contributed by atoms with E-state index in [9.17, 15) is 26.7 Å². The smallest absolute Gasteiger partial charge is 0.416 e. The number of ether oxygens (including phenoxy) is 1. The van der Waals surface area contributed by atoms with Crippen molar-refractivity contribution in [2.24, 2.45) is 0 Å². The average molecular weight is 471 g/mol. The quantitative estimate of drug-likeness (QED) is 0.558. The third kappa shape index (κ3) is 4.82. The maximum Gasteiger partial charge on any atom is 0.416 e. The van der Waals surface area contributed by atoms with Crippen LogP contribution in [-0.2, 0) is 4.74 Å². The Balaban J connectivity index is 1.53. The van der Waals surface area contributed by atoms with Crippen molar-refractivity contribution in [3.8, 4) is 0 Å². The van der Waals surface area contributed by atoms with Crippen molar-refractivity contribution in [1.29, 1.82) is 0 Å². The number of fused-ring (bicyclic) bond motifs is 1. The summed E-state index contributed by atoms with van der Waals surface area (Å²) in [6.07, 6.45) is -2.48. The molecule has 1 aromatic carbocycles. The minimum Gasteiger partial charge on any atom is -0.455 e. The lowest BCUT2D eigenvalue weighted by molar-refractivity contribution is -0.158. The number of urea groups is 1. The van der Waals surface area contributed by atoms with Gasteiger partial charge in [-0.2, -0.15) is 13.2 Å². The van der Waals surface area contributed by atoms with Crippen molar-refractivity contribution >= 4 is 28.6 Å². The fraction of sp³-hybridized carbons (Fsp3) is 0.350. The number of nitrogens with zero attached hydrogens (tertiary/aromatic N) is 3. The molecule has 0 saturated carbocycles. The molecule has 0 radical (unpaired) electrons. The molecule has 3 aromatic rings. The van der Waals surface area contributed by atoms with Gasteiger partial charge in [-0.05, 0) is 13.0 Å². The van der Waals surface area contributed by atoms with E-state index in [2.05, 4.69) is 15.3 Å². The molecule has 0 spiro atoms. The number of rotatable bonds is 4. The van der Waals surface area contributed by atoms with Gasteiger partial charge in [-0.1, -0.05) is 0 Å². The van der Waals surface area contributed by atoms with Gasteiger partial charge in [-0.15, -0.1) is 0 Å². The Morgan fingerprint density at radius 1 is 1.15 bits per heavy atom. The maximum atomic E-state index is 14.0. The van der Waals surface area contributed by atoms with Gasteiger partial charge in [0.05, 0.1) is 31.3 Å². The highest BCUT2D eigenvalue weighted by molar-refractivity contribution is 5.89. The van der Waals surface area contributed by atoms with Crippen molar-refractivity contribution in [2.75, 3.05) is 36.5 Å². The van der Waals surface area contributed by atoms with Crippen molar-refractivity contribution < 1.29 is 35.9 Å². The first-order valence-corrected chi connectivity index (χ1v) is 9.80. The SMILES string of the molecule is Cc1c(C(NC(=O)Nc2cnc(N3CCOCC3)nc2)C(F)(F)F)oc2c(F)cc(F)cc12. The number of amides is 2. The van der Waals surface area contributed by atoms with Gasteiger partial charge in [0.15, 0.2) is 17.4 Å². The number of anilines is 2. The molecule has 4 rings (SSSR count). The minimum atomic E-state index is -4.98. The number of carbonyl (C=O) groups excluding carboxylic acids is 1. The van der Waals surface area contributed by atoms with Crippen LogP contribution in [0.25, 0.3) is 11.0 Å². The molecule has 176 valence electrons. The van der Waals surface area contributed by atoms with Crippen LogP contribution in [0.15, 0.2) is 28.9 Å². The zero-order chi connectivity index (χ0) is 23.8. The Kier molecular flexibility index (Phi) is 6.06. The van der Waals surface area contributed by atoms with Gasteiger partial charge in [0.1, 0.15) is 11.6 Å². The highest BCUT2D eigenvalue weighted by Crippen LogP contribution is 2.39. The van der Waals surface area contributed by atoms with Gasteiger partial charge < -0.3 is 24.7 Å². The van der Waals surface area contributed by atoms with E-state index >= 15 is 0 Å². The van der Waals surface area contributed by atoms with Crippen molar-refractivity contribution in [1.82, 2.24) is 15.3 Å². The van der Waals surface area contributed by atoms with Gasteiger partial charge in [0.25, 0.3) is 0 Å². The number of halogens is 5. The molecule has 1 aliphatic heterocycles. The molecule has 1 saturated heterocycles. The zero-order valence-electron chi connectivity index (χ0n) is 17.2. The number of aromatic nitrogens is 2. The number of benzene rings is 1. The highest BCUT2D eigenvalue weighted by atomic mass is 19.4. The third-order valence-corrected chi connectivity index (χ3v) is 5.05. The molecule has 33 heavy (non-hydrogen) atoms. The van der Waals surface area contributed by atoms with Gasteiger partial charge in [0.2, 0.25) is 5.95 Å². The molecule has 2 N–H and O–H groups in total. The number of morpholine rings is 1. The summed E-state index contributed by atoms with van der Waals surface area (Å²) in [4.78, 5) is 22.4. The first-order chi connectivity index (χ1) is 15.6. The number of furan rings is 1. The Morgan fingerprint density at radius 3 is 2.45 bits per heavy atom. The molecule has 0 aliphatic carbocycles. The lowest BCUT2D eigenvalue weighted by atomic mass is 10.1. The van der Waals surface area contributed by atoms with Crippen LogP contribution in [0.4, 0.5) is 38.4 Å². The number of carbonyl (C=O) groups is 1. The van der Waals surface area contributed by atoms with Gasteiger partial charge in [0, 0.05) is 30.1 Å². The summed E-state index contributed by atoms with van der Waals surface area (Å²) in [5.41, 5.74) is -0.628. The van der Waals surface area contributed by atoms with Crippen LogP contribution in [0.3, 0.4) is 0 Å². The second-order valence-corrected chi connectivity index (χ2v) is 7.30. The van der Waals surface area contributed by atoms with Crippen molar-refractivity contribution in [2.45, 2.75) is 19.1 Å². The summed E-state index contributed by atoms with van der Waals surface area (Å²) < 4.78 is 79.0. The molecular formula is C20H18F5N5O3. The van der Waals surface area contributed by atoms with Gasteiger partial charge in [-0.25, -0.2) is 23.5 Å². The highest BCUT2D eigenvalue weighted by Gasteiger charge is 2.45. The molecule has 1 atom stereocenters. The zero-order valence-corrected chi connectivity index (χ0v) is 17.2. The van der Waals surface area contributed by atoms with Crippen molar-refractivity contribution in [3.63, 3.8) is 0 Å². The van der Waals surface area contributed by atoms with E-state index in [0.29, 0.717) is 38.3 Å². The second-order valence-electron chi connectivity index (χ2n) is 7.30. The van der Waals surface area contributed by atoms with E-state index in [1.54, 1.807) is 5.32 Å². The van der Waals surface area contributed by atoms with Crippen molar-refractivity contribution in [3.05, 3.63) is 47.5 Å². The molecule has 3 heterocycles. The lowest BCUT2D eigenvalue weighted by Crippen LogP contribution is -2.40. The fourth-order valence-electron chi connectivity index (χ4n) is 3.44. The molecule has 2 aromatic heterocycles. The molecule has 1 aliphatic rings. The second kappa shape index (κ2) is 8.81. The molecule has 8 nitrogen and oxygen atoms in total. The molecule has 13 heteroatoms. The lowest BCUT2D eigenvalue weighted by Gasteiger charge is -2.26. The summed E-state index contributed by atoms with van der Waals surface area (Å²) >= 11 is 0. The topological polar surface area (TPSA) is 92.5 Å². The number of aryl methyl sites for hydroxylation is 1. The molecular weight excluding hydrogens is 453 g/mol. The van der Waals surface area contributed by atoms with Crippen LogP contribution >= 0.6 is 0 Å². The predicted octanol–water partition coefficient (Wildman–Crippen LogP) is 4.07. The Bertz CT molecular complexity index is 1160. The monoisotopic (exact) mass is 471 g/mol. The summed E-state index contributed by atoms with van der Waals surface area (Å²) in [5, 5.41) is 3.83. The minimum absolute atomic E-state index is 0.0554. The molecule has 1 fully saturated rings. The third-order valence-electron chi connectivity index (χ3n) is 5.05. The normalized spacial score (nSPS) is 15.5. The molecule has 0 bridgehead atoms. The standard InChI is InChI=1S/C20H18F5N5O3/c1-10-13-6-11(21)7-14(22)16(13)33-15(10)17(20(23,24)25)29-19(31)28-12-8-26-18(27-9-12)30-2-4-32-5-3-30/h6-9,17H,2-5H2,1H3,(H2,28,29,31). The van der Waals surface area contributed by atoms with Crippen LogP contribution in [0.1, 0.15) is 17.4 Å². The Morgan fingerprint density at radius 2 is 1.82 bits per heavy atom. The van der Waals surface area contributed by atoms with E-state index in [1.807, 2.05) is 4.90 Å². The van der Waals surface area contributed by atoms with Crippen LogP contribution in [0, 0.1) is 18.6 Å². The maximum absolute atomic E-state index is 14.0. The fourth-order valence-corrected chi connectivity index (χ4v) is 3.44. The summed E-state index contributed by atoms with van der Waals surface area (Å²) in [7, 11) is 0. The average Bonchev–Trinajstić information content (AvgIpc) is 3.09. The van der Waals surface area contributed by atoms with E-state index < -0.39 is 41.2 Å². The molecule has 1 unspecified atom stereocenters. The van der Waals surface area contributed by atoms with Gasteiger partial charge >= 0.3 is 12.2 Å². The number of hydrogen-bond donors (Lipinski definition) is 2. The number of hydrogen-bond acceptors (Lipinski definition) is 6. The number of nitrogens with one attached hydrogen (secondary N) is 2. The predicted molar refractivity (Wildman–Crippen MR) is 107 cm³/mol. The Hall–Kier alpha value is -3.48. The first-order valence-electron chi connectivity index (χ1n) is 9.80. The van der Waals surface area contributed by atoms with E-state index in [4.69, 9.17) is 9.15 Å². The number of alkyl halides is 3. The summed E-state index contributed by atoms with van der Waals surface area (Å²) in [5.74, 6) is -2.48. The largest absolute Gasteiger partial charge is 0.455 e. The van der Waals surface area contributed by atoms with Crippen LogP contribution in [-0.4, -0.2) is 48.5 Å². The van der Waals surface area contributed by atoms with Crippen LogP contribution in [0.2, 0.25) is 0 Å². The van der Waals surface area contributed by atoms with Crippen LogP contribution in [0.5, 0.6) is 0 Å². The first kappa shape index (κ1) is 22.7.